The molecule has 0 spiro atoms. The highest BCUT2D eigenvalue weighted by molar-refractivity contribution is 7.93. The van der Waals surface area contributed by atoms with E-state index in [0.29, 0.717) is 50.5 Å². The zero-order valence-electron chi connectivity index (χ0n) is 24.3. The molecule has 2 aromatic carbocycles. The van der Waals surface area contributed by atoms with Crippen LogP contribution in [0.3, 0.4) is 0 Å². The third-order valence-corrected chi connectivity index (χ3v) is 9.64. The number of benzene rings is 2. The van der Waals surface area contributed by atoms with E-state index in [1.807, 2.05) is 0 Å². The molecule has 0 saturated carbocycles. The van der Waals surface area contributed by atoms with Crippen LogP contribution < -0.4 is 9.47 Å². The van der Waals surface area contributed by atoms with Crippen LogP contribution in [0.1, 0.15) is 26.2 Å². The summed E-state index contributed by atoms with van der Waals surface area (Å²) in [5.74, 6) is -0.405. The molecule has 1 aliphatic heterocycles. The van der Waals surface area contributed by atoms with Crippen molar-refractivity contribution in [2.45, 2.75) is 48.7 Å². The fourth-order valence-corrected chi connectivity index (χ4v) is 6.74. The number of ether oxygens (including phenoxy) is 4. The first-order chi connectivity index (χ1) is 21.0. The molecule has 3 aromatic rings. The number of methoxy groups -OCH3 is 1. The van der Waals surface area contributed by atoms with E-state index >= 15 is 0 Å². The topological polar surface area (TPSA) is 135 Å². The third-order valence-electron chi connectivity index (χ3n) is 7.14. The van der Waals surface area contributed by atoms with Gasteiger partial charge in [-0.15, -0.1) is 23.4 Å². The number of hydrogen-bond acceptors (Lipinski definition) is 11. The van der Waals surface area contributed by atoms with Gasteiger partial charge in [-0.2, -0.15) is 4.80 Å². The zero-order valence-corrected chi connectivity index (χ0v) is 25.1. The molecule has 1 aliphatic rings. The minimum absolute atomic E-state index is 0.0144. The first-order valence-electron chi connectivity index (χ1n) is 14.0. The number of likely N-dealkylation sites (tertiary alicyclic amines) is 1. The summed E-state index contributed by atoms with van der Waals surface area (Å²) >= 11 is 0. The number of aromatic nitrogens is 4. The molecular weight excluding hydrogens is 607 g/mol. The summed E-state index contributed by atoms with van der Waals surface area (Å²) in [6.45, 7) is 4.34. The summed E-state index contributed by atoms with van der Waals surface area (Å²) in [6, 6.07) is 11.1. The molecule has 0 aliphatic carbocycles. The van der Waals surface area contributed by atoms with Gasteiger partial charge < -0.3 is 23.8 Å². The first-order valence-corrected chi connectivity index (χ1v) is 15.5. The minimum atomic E-state index is -4.78. The smallest absolute Gasteiger partial charge is 0.494 e. The van der Waals surface area contributed by atoms with Crippen LogP contribution in [0.2, 0.25) is 0 Å². The predicted octanol–water partition coefficient (Wildman–Crippen LogP) is 3.53. The fraction of sp³-hybridized carbons (Fsp3) is 0.500. The van der Waals surface area contributed by atoms with Crippen LogP contribution in [-0.4, -0.2) is 97.2 Å². The lowest BCUT2D eigenvalue weighted by molar-refractivity contribution is -0.274. The van der Waals surface area contributed by atoms with Crippen molar-refractivity contribution in [1.82, 2.24) is 25.1 Å². The fourth-order valence-electron chi connectivity index (χ4n) is 4.80. The van der Waals surface area contributed by atoms with Crippen LogP contribution in [0, 0.1) is 0 Å². The molecule has 1 saturated heterocycles. The normalized spacial score (nSPS) is 15.6. The first kappa shape index (κ1) is 33.1. The number of esters is 1. The van der Waals surface area contributed by atoms with E-state index in [2.05, 4.69) is 25.0 Å². The standard InChI is InChI=1S/C28H34F3N5O7S/c1-3-41-26(37)27(13-16-35(17-14-27)18-20-40-2)44(38,39)24-11-9-22(10-12-24)42-19-4-15-36-33-25(32-34-36)21-5-7-23(8-6-21)43-28(29,30)31/h5-12H,3-4,13-20H2,1-2H3. The third kappa shape index (κ3) is 8.04. The average molecular weight is 642 g/mol. The van der Waals surface area contributed by atoms with Crippen LogP contribution in [0.5, 0.6) is 11.5 Å². The van der Waals surface area contributed by atoms with Gasteiger partial charge in [0, 0.05) is 38.7 Å². The van der Waals surface area contributed by atoms with Crippen LogP contribution in [-0.2, 0) is 30.7 Å². The minimum Gasteiger partial charge on any atom is -0.494 e. The maximum atomic E-state index is 13.8. The molecule has 1 aromatic heterocycles. The van der Waals surface area contributed by atoms with E-state index in [1.54, 1.807) is 14.0 Å². The molecule has 0 amide bonds. The Hall–Kier alpha value is -3.76. The van der Waals surface area contributed by atoms with Gasteiger partial charge >= 0.3 is 12.3 Å². The summed E-state index contributed by atoms with van der Waals surface area (Å²) in [4.78, 5) is 16.5. The number of rotatable bonds is 14. The van der Waals surface area contributed by atoms with Gasteiger partial charge in [0.1, 0.15) is 11.5 Å². The molecule has 0 bridgehead atoms. The molecule has 0 unspecified atom stereocenters. The SMILES string of the molecule is CCOC(=O)C1(S(=O)(=O)c2ccc(OCCCn3nnc(-c4ccc(OC(F)(F)F)cc4)n3)cc2)CCN(CCOC)CC1. The van der Waals surface area contributed by atoms with Gasteiger partial charge in [-0.25, -0.2) is 8.42 Å². The van der Waals surface area contributed by atoms with Crippen LogP contribution in [0.4, 0.5) is 13.2 Å². The number of alkyl halides is 3. The van der Waals surface area contributed by atoms with Crippen molar-refractivity contribution >= 4 is 15.8 Å². The van der Waals surface area contributed by atoms with Crippen molar-refractivity contribution in [3.05, 3.63) is 48.5 Å². The van der Waals surface area contributed by atoms with Gasteiger partial charge in [-0.1, -0.05) is 0 Å². The maximum Gasteiger partial charge on any atom is 0.573 e. The summed E-state index contributed by atoms with van der Waals surface area (Å²) in [7, 11) is -2.47. The van der Waals surface area contributed by atoms with Gasteiger partial charge in [0.2, 0.25) is 5.82 Å². The Labute approximate surface area is 252 Å². The molecule has 4 rings (SSSR count). The molecule has 240 valence electrons. The summed E-state index contributed by atoms with van der Waals surface area (Å²) in [5, 5.41) is 12.1. The number of piperidine rings is 1. The Balaban J connectivity index is 1.32. The van der Waals surface area contributed by atoms with Crippen molar-refractivity contribution in [3.8, 4) is 22.9 Å². The number of carbonyl (C=O) groups excluding carboxylic acids is 1. The molecule has 44 heavy (non-hydrogen) atoms. The summed E-state index contributed by atoms with van der Waals surface area (Å²) < 4.78 is 82.9. The van der Waals surface area contributed by atoms with Crippen LogP contribution >= 0.6 is 0 Å². The van der Waals surface area contributed by atoms with E-state index in [1.165, 1.54) is 41.2 Å². The van der Waals surface area contributed by atoms with Gasteiger partial charge in [0.05, 0.1) is 31.3 Å². The Bertz CT molecular complexity index is 1470. The van der Waals surface area contributed by atoms with Gasteiger partial charge in [-0.3, -0.25) is 4.79 Å². The van der Waals surface area contributed by atoms with Crippen LogP contribution in [0.15, 0.2) is 53.4 Å². The summed E-state index contributed by atoms with van der Waals surface area (Å²) in [6.07, 6.45) is -4.06. The van der Waals surface area contributed by atoms with Crippen molar-refractivity contribution in [2.24, 2.45) is 0 Å². The second-order valence-corrected chi connectivity index (χ2v) is 12.3. The molecule has 1 fully saturated rings. The van der Waals surface area contributed by atoms with Gasteiger partial charge in [0.25, 0.3) is 0 Å². The highest BCUT2D eigenvalue weighted by Crippen LogP contribution is 2.37. The number of halogens is 3. The van der Waals surface area contributed by atoms with Gasteiger partial charge in [0.15, 0.2) is 14.6 Å². The Morgan fingerprint density at radius 1 is 0.977 bits per heavy atom. The molecule has 16 heteroatoms. The number of sulfone groups is 1. The van der Waals surface area contributed by atoms with Crippen molar-refractivity contribution < 1.29 is 45.3 Å². The lowest BCUT2D eigenvalue weighted by Crippen LogP contribution is -2.55. The second kappa shape index (κ2) is 14.3. The van der Waals surface area contributed by atoms with E-state index < -0.39 is 26.9 Å². The van der Waals surface area contributed by atoms with Crippen molar-refractivity contribution in [2.75, 3.05) is 46.6 Å². The molecule has 0 radical (unpaired) electrons. The zero-order chi connectivity index (χ0) is 31.8. The molecule has 2 heterocycles. The van der Waals surface area contributed by atoms with E-state index in [9.17, 15) is 26.4 Å². The van der Waals surface area contributed by atoms with E-state index in [-0.39, 0.29) is 42.5 Å². The Morgan fingerprint density at radius 3 is 2.25 bits per heavy atom. The van der Waals surface area contributed by atoms with Crippen LogP contribution in [0.25, 0.3) is 11.4 Å². The Morgan fingerprint density at radius 2 is 1.64 bits per heavy atom. The average Bonchev–Trinajstić information content (AvgIpc) is 3.47. The van der Waals surface area contributed by atoms with Crippen molar-refractivity contribution in [1.29, 1.82) is 0 Å². The number of tetrazole rings is 1. The largest absolute Gasteiger partial charge is 0.573 e. The molecule has 12 nitrogen and oxygen atoms in total. The lowest BCUT2D eigenvalue weighted by atomic mass is 9.95. The highest BCUT2D eigenvalue weighted by Gasteiger charge is 2.54. The van der Waals surface area contributed by atoms with E-state index in [4.69, 9.17) is 14.2 Å². The van der Waals surface area contributed by atoms with E-state index in [0.717, 1.165) is 12.1 Å². The van der Waals surface area contributed by atoms with Gasteiger partial charge in [-0.05, 0) is 73.5 Å². The molecular formula is C28H34F3N5O7S. The highest BCUT2D eigenvalue weighted by atomic mass is 32.2. The monoisotopic (exact) mass is 641 g/mol. The number of hydrogen-bond donors (Lipinski definition) is 0. The maximum absolute atomic E-state index is 13.8. The number of carbonyl (C=O) groups is 1. The molecule has 0 N–H and O–H groups in total. The number of aryl methyl sites for hydroxylation is 1. The summed E-state index contributed by atoms with van der Waals surface area (Å²) in [5.41, 5.74) is 0.471. The van der Waals surface area contributed by atoms with Crippen molar-refractivity contribution in [3.63, 3.8) is 0 Å². The lowest BCUT2D eigenvalue weighted by Gasteiger charge is -2.39. The quantitative estimate of drug-likeness (QED) is 0.189. The Kier molecular flexibility index (Phi) is 10.8. The second-order valence-electron chi connectivity index (χ2n) is 10.0. The predicted molar refractivity (Wildman–Crippen MR) is 151 cm³/mol. The number of nitrogens with zero attached hydrogens (tertiary/aromatic N) is 5. The molecule has 0 atom stereocenters.